The number of nitrogens with zero attached hydrogens (tertiary/aromatic N) is 1. The molecule has 2 aliphatic rings. The molecular formula is C12H12N2O2. The molecule has 0 radical (unpaired) electrons. The molecule has 1 heterocycles. The Labute approximate surface area is 93.2 Å². The third-order valence-corrected chi connectivity index (χ3v) is 3.27. The van der Waals surface area contributed by atoms with E-state index in [1.165, 1.54) is 16.0 Å². The van der Waals surface area contributed by atoms with E-state index >= 15 is 0 Å². The number of hydrogen-bond donors (Lipinski definition) is 1. The second kappa shape index (κ2) is 3.33. The third-order valence-electron chi connectivity index (χ3n) is 3.27. The summed E-state index contributed by atoms with van der Waals surface area (Å²) in [4.78, 5) is 24.5. The zero-order chi connectivity index (χ0) is 11.1. The summed E-state index contributed by atoms with van der Waals surface area (Å²) in [5.74, 6) is -0.109. The van der Waals surface area contributed by atoms with E-state index in [-0.39, 0.29) is 24.5 Å². The van der Waals surface area contributed by atoms with Crippen LogP contribution in [0.3, 0.4) is 0 Å². The van der Waals surface area contributed by atoms with Crippen LogP contribution in [-0.2, 0) is 17.6 Å². The van der Waals surface area contributed by atoms with Gasteiger partial charge in [-0.25, -0.2) is 4.79 Å². The van der Waals surface area contributed by atoms with E-state index in [9.17, 15) is 9.59 Å². The summed E-state index contributed by atoms with van der Waals surface area (Å²) in [6.45, 7) is 0.145. The van der Waals surface area contributed by atoms with Gasteiger partial charge in [-0.3, -0.25) is 9.69 Å². The van der Waals surface area contributed by atoms with Crippen molar-refractivity contribution >= 4 is 11.9 Å². The van der Waals surface area contributed by atoms with E-state index in [0.717, 1.165) is 12.8 Å². The van der Waals surface area contributed by atoms with Crippen LogP contribution >= 0.6 is 0 Å². The number of urea groups is 1. The van der Waals surface area contributed by atoms with Crippen LogP contribution < -0.4 is 5.32 Å². The fourth-order valence-corrected chi connectivity index (χ4v) is 2.52. The molecule has 4 nitrogen and oxygen atoms in total. The van der Waals surface area contributed by atoms with Gasteiger partial charge in [0, 0.05) is 6.04 Å². The molecule has 16 heavy (non-hydrogen) atoms. The maximum absolute atomic E-state index is 11.6. The largest absolute Gasteiger partial charge is 0.329 e. The first-order valence-electron chi connectivity index (χ1n) is 5.42. The Bertz CT molecular complexity index is 429. The zero-order valence-electron chi connectivity index (χ0n) is 8.77. The first-order chi connectivity index (χ1) is 7.75. The van der Waals surface area contributed by atoms with Gasteiger partial charge >= 0.3 is 6.03 Å². The van der Waals surface area contributed by atoms with Gasteiger partial charge in [-0.2, -0.15) is 0 Å². The summed E-state index contributed by atoms with van der Waals surface area (Å²) < 4.78 is 0. The molecule has 1 fully saturated rings. The Morgan fingerprint density at radius 1 is 1.12 bits per heavy atom. The number of amides is 3. The van der Waals surface area contributed by atoms with Gasteiger partial charge in [-0.15, -0.1) is 0 Å². The maximum atomic E-state index is 11.6. The van der Waals surface area contributed by atoms with Crippen molar-refractivity contribution in [2.24, 2.45) is 0 Å². The Balaban J connectivity index is 1.86. The SMILES string of the molecule is O=C1CNC(=O)N1C1Cc2ccccc2C1. The van der Waals surface area contributed by atoms with E-state index in [2.05, 4.69) is 17.4 Å². The standard InChI is InChI=1S/C12H12N2O2/c15-11-7-13-12(16)14(11)10-5-8-3-1-2-4-9(8)6-10/h1-4,10H,5-7H2,(H,13,16). The molecule has 1 aromatic rings. The lowest BCUT2D eigenvalue weighted by molar-refractivity contribution is -0.126. The van der Waals surface area contributed by atoms with Crippen molar-refractivity contribution < 1.29 is 9.59 Å². The van der Waals surface area contributed by atoms with Crippen LogP contribution in [0.5, 0.6) is 0 Å². The van der Waals surface area contributed by atoms with Crippen molar-refractivity contribution in [2.45, 2.75) is 18.9 Å². The lowest BCUT2D eigenvalue weighted by atomic mass is 10.1. The molecule has 0 spiro atoms. The number of benzene rings is 1. The molecule has 4 heteroatoms. The van der Waals surface area contributed by atoms with Crippen LogP contribution in [0.2, 0.25) is 0 Å². The minimum absolute atomic E-state index is 0.00685. The lowest BCUT2D eigenvalue weighted by Crippen LogP contribution is -2.41. The van der Waals surface area contributed by atoms with Crippen molar-refractivity contribution in [3.63, 3.8) is 0 Å². The van der Waals surface area contributed by atoms with Gasteiger partial charge in [-0.1, -0.05) is 24.3 Å². The number of fused-ring (bicyclic) bond motifs is 1. The van der Waals surface area contributed by atoms with E-state index in [0.29, 0.717) is 0 Å². The van der Waals surface area contributed by atoms with Gasteiger partial charge in [0.25, 0.3) is 0 Å². The van der Waals surface area contributed by atoms with Gasteiger partial charge in [0.05, 0.1) is 6.54 Å². The number of carbonyl (C=O) groups excluding carboxylic acids is 2. The van der Waals surface area contributed by atoms with Crippen LogP contribution in [0.25, 0.3) is 0 Å². The number of hydrogen-bond acceptors (Lipinski definition) is 2. The van der Waals surface area contributed by atoms with Gasteiger partial charge in [0.1, 0.15) is 0 Å². The smallest absolute Gasteiger partial charge is 0.324 e. The Morgan fingerprint density at radius 2 is 1.75 bits per heavy atom. The summed E-state index contributed by atoms with van der Waals surface area (Å²) in [7, 11) is 0. The quantitative estimate of drug-likeness (QED) is 0.703. The second-order valence-electron chi connectivity index (χ2n) is 4.25. The summed E-state index contributed by atoms with van der Waals surface area (Å²) in [5.41, 5.74) is 2.50. The Morgan fingerprint density at radius 3 is 2.25 bits per heavy atom. The molecule has 1 aliphatic heterocycles. The topological polar surface area (TPSA) is 49.4 Å². The second-order valence-corrected chi connectivity index (χ2v) is 4.25. The van der Waals surface area contributed by atoms with E-state index in [1.54, 1.807) is 0 Å². The van der Waals surface area contributed by atoms with Crippen LogP contribution in [0.4, 0.5) is 4.79 Å². The van der Waals surface area contributed by atoms with E-state index < -0.39 is 0 Å². The van der Waals surface area contributed by atoms with Crippen molar-refractivity contribution in [3.8, 4) is 0 Å². The highest BCUT2D eigenvalue weighted by Gasteiger charge is 2.37. The first-order valence-corrected chi connectivity index (χ1v) is 5.42. The zero-order valence-corrected chi connectivity index (χ0v) is 8.77. The molecule has 3 amide bonds. The van der Waals surface area contributed by atoms with Crippen molar-refractivity contribution in [2.75, 3.05) is 6.54 Å². The molecule has 1 aliphatic carbocycles. The number of carbonyl (C=O) groups is 2. The maximum Gasteiger partial charge on any atom is 0.324 e. The van der Waals surface area contributed by atoms with Gasteiger partial charge < -0.3 is 5.32 Å². The molecule has 1 aromatic carbocycles. The first kappa shape index (κ1) is 9.39. The molecule has 82 valence electrons. The van der Waals surface area contributed by atoms with Crippen LogP contribution in [0, 0.1) is 0 Å². The van der Waals surface area contributed by atoms with E-state index in [1.807, 2.05) is 12.1 Å². The molecule has 0 saturated carbocycles. The average Bonchev–Trinajstić information content (AvgIpc) is 2.82. The Hall–Kier alpha value is -1.84. The van der Waals surface area contributed by atoms with Crippen molar-refractivity contribution in [1.29, 1.82) is 0 Å². The number of rotatable bonds is 1. The van der Waals surface area contributed by atoms with Crippen LogP contribution in [0.1, 0.15) is 11.1 Å². The molecule has 1 saturated heterocycles. The molecule has 0 aromatic heterocycles. The summed E-state index contributed by atoms with van der Waals surface area (Å²) >= 11 is 0. The number of imide groups is 1. The number of nitrogens with one attached hydrogen (secondary N) is 1. The molecule has 1 N–H and O–H groups in total. The normalized spacial score (nSPS) is 20.1. The van der Waals surface area contributed by atoms with Gasteiger partial charge in [0.2, 0.25) is 5.91 Å². The van der Waals surface area contributed by atoms with Crippen molar-refractivity contribution in [1.82, 2.24) is 10.2 Å². The Kier molecular flexibility index (Phi) is 1.96. The highest BCUT2D eigenvalue weighted by Crippen LogP contribution is 2.26. The summed E-state index contributed by atoms with van der Waals surface area (Å²) in [6.07, 6.45) is 1.57. The molecule has 3 rings (SSSR count). The lowest BCUT2D eigenvalue weighted by Gasteiger charge is -2.19. The molecule has 0 unspecified atom stereocenters. The van der Waals surface area contributed by atoms with E-state index in [4.69, 9.17) is 0 Å². The third kappa shape index (κ3) is 1.30. The van der Waals surface area contributed by atoms with Crippen LogP contribution in [-0.4, -0.2) is 29.4 Å². The van der Waals surface area contributed by atoms with Crippen LogP contribution in [0.15, 0.2) is 24.3 Å². The monoisotopic (exact) mass is 216 g/mol. The summed E-state index contributed by atoms with van der Waals surface area (Å²) in [6, 6.07) is 7.87. The molecule has 0 atom stereocenters. The summed E-state index contributed by atoms with van der Waals surface area (Å²) in [5, 5.41) is 2.56. The van der Waals surface area contributed by atoms with Crippen molar-refractivity contribution in [3.05, 3.63) is 35.4 Å². The predicted molar refractivity (Wildman–Crippen MR) is 57.9 cm³/mol. The highest BCUT2D eigenvalue weighted by molar-refractivity contribution is 6.02. The highest BCUT2D eigenvalue weighted by atomic mass is 16.2. The average molecular weight is 216 g/mol. The fourth-order valence-electron chi connectivity index (χ4n) is 2.52. The van der Waals surface area contributed by atoms with Gasteiger partial charge in [-0.05, 0) is 24.0 Å². The van der Waals surface area contributed by atoms with Gasteiger partial charge in [0.15, 0.2) is 0 Å². The molecule has 0 bridgehead atoms. The fraction of sp³-hybridized carbons (Fsp3) is 0.333. The molecular weight excluding hydrogens is 204 g/mol. The minimum atomic E-state index is -0.247. The predicted octanol–water partition coefficient (Wildman–Crippen LogP) is 0.706. The minimum Gasteiger partial charge on any atom is -0.329 e.